The average Bonchev–Trinajstić information content (AvgIpc) is 2.17. The maximum atomic E-state index is 11.3. The van der Waals surface area contributed by atoms with Crippen molar-refractivity contribution >= 4 is 10.8 Å². The summed E-state index contributed by atoms with van der Waals surface area (Å²) in [6, 6.07) is 0. The van der Waals surface area contributed by atoms with Gasteiger partial charge < -0.3 is 4.74 Å². The van der Waals surface area contributed by atoms with Crippen LogP contribution < -0.4 is 0 Å². The summed E-state index contributed by atoms with van der Waals surface area (Å²) in [6.07, 6.45) is 6.48. The molecule has 88 valence electrons. The number of hydrogen-bond acceptors (Lipinski definition) is 2. The maximum Gasteiger partial charge on any atom is 0.0873 e. The molecular weight excluding hydrogens is 208 g/mol. The van der Waals surface area contributed by atoms with Crippen molar-refractivity contribution in [2.75, 3.05) is 18.1 Å². The van der Waals surface area contributed by atoms with Gasteiger partial charge in [0.2, 0.25) is 0 Å². The monoisotopic (exact) mass is 230 g/mol. The van der Waals surface area contributed by atoms with Gasteiger partial charge >= 0.3 is 0 Å². The Bertz CT molecular complexity index is 232. The fourth-order valence-electron chi connectivity index (χ4n) is 1.87. The molecular formula is C12H22O2S. The van der Waals surface area contributed by atoms with Crippen molar-refractivity contribution < 1.29 is 8.95 Å². The van der Waals surface area contributed by atoms with E-state index in [1.807, 2.05) is 20.1 Å². The molecule has 0 radical (unpaired) electrons. The molecule has 1 aliphatic heterocycles. The second kappa shape index (κ2) is 7.04. The molecule has 0 aliphatic carbocycles. The third kappa shape index (κ3) is 5.98. The maximum absolute atomic E-state index is 11.3. The molecule has 1 aliphatic rings. The highest BCUT2D eigenvalue weighted by atomic mass is 32.2. The zero-order valence-corrected chi connectivity index (χ0v) is 10.6. The van der Waals surface area contributed by atoms with Crippen LogP contribution in [0.3, 0.4) is 0 Å². The predicted molar refractivity (Wildman–Crippen MR) is 65.2 cm³/mol. The van der Waals surface area contributed by atoms with Crippen molar-refractivity contribution in [2.45, 2.75) is 39.5 Å². The Balaban J connectivity index is 2.04. The molecule has 0 aromatic rings. The molecule has 2 atom stereocenters. The van der Waals surface area contributed by atoms with Crippen molar-refractivity contribution in [1.82, 2.24) is 0 Å². The van der Waals surface area contributed by atoms with E-state index in [2.05, 4.69) is 0 Å². The van der Waals surface area contributed by atoms with Gasteiger partial charge in [0.05, 0.1) is 12.9 Å². The van der Waals surface area contributed by atoms with Gasteiger partial charge in [0.1, 0.15) is 0 Å². The van der Waals surface area contributed by atoms with Crippen molar-refractivity contribution in [1.29, 1.82) is 0 Å². The number of allylic oxidation sites excluding steroid dienone is 1. The van der Waals surface area contributed by atoms with Crippen LogP contribution in [-0.4, -0.2) is 22.3 Å². The van der Waals surface area contributed by atoms with Crippen LogP contribution in [0.2, 0.25) is 0 Å². The second-order valence-electron chi connectivity index (χ2n) is 4.53. The lowest BCUT2D eigenvalue weighted by Gasteiger charge is -2.20. The number of ether oxygens (including phenoxy) is 1. The number of rotatable bonds is 5. The normalized spacial score (nSPS) is 26.0. The predicted octanol–water partition coefficient (Wildman–Crippen LogP) is 2.87. The van der Waals surface area contributed by atoms with Gasteiger partial charge in [-0.15, -0.1) is 0 Å². The lowest BCUT2D eigenvalue weighted by molar-refractivity contribution is 0.230. The van der Waals surface area contributed by atoms with E-state index in [0.717, 1.165) is 31.0 Å². The van der Waals surface area contributed by atoms with Gasteiger partial charge in [0.15, 0.2) is 0 Å². The van der Waals surface area contributed by atoms with E-state index in [1.54, 1.807) is 0 Å². The van der Waals surface area contributed by atoms with E-state index in [9.17, 15) is 4.21 Å². The van der Waals surface area contributed by atoms with Crippen LogP contribution in [0.4, 0.5) is 0 Å². The molecule has 2 nitrogen and oxygen atoms in total. The minimum absolute atomic E-state index is 0.538. The molecule has 15 heavy (non-hydrogen) atoms. The molecule has 2 unspecified atom stereocenters. The third-order valence-corrected chi connectivity index (χ3v) is 4.19. The summed E-state index contributed by atoms with van der Waals surface area (Å²) < 4.78 is 16.7. The van der Waals surface area contributed by atoms with E-state index in [1.165, 1.54) is 18.4 Å². The summed E-state index contributed by atoms with van der Waals surface area (Å²) >= 11 is 0. The smallest absolute Gasteiger partial charge is 0.0873 e. The van der Waals surface area contributed by atoms with Crippen LogP contribution in [-0.2, 0) is 15.5 Å². The quantitative estimate of drug-likeness (QED) is 0.536. The van der Waals surface area contributed by atoms with Crippen molar-refractivity contribution in [2.24, 2.45) is 5.92 Å². The standard InChI is InChI=1S/C12H22O2S/c1-11(2)9-14-7-3-5-12-6-4-8-15(13)10-12/h9,12H,3-8,10H2,1-2H3. The molecule has 0 amide bonds. The largest absolute Gasteiger partial charge is 0.501 e. The van der Waals surface area contributed by atoms with Crippen LogP contribution in [0.15, 0.2) is 11.8 Å². The Kier molecular flexibility index (Phi) is 5.99. The minimum atomic E-state index is -0.538. The average molecular weight is 230 g/mol. The molecule has 0 spiro atoms. The van der Waals surface area contributed by atoms with Gasteiger partial charge in [-0.3, -0.25) is 4.21 Å². The van der Waals surface area contributed by atoms with Gasteiger partial charge in [-0.1, -0.05) is 0 Å². The molecule has 0 aromatic heterocycles. The van der Waals surface area contributed by atoms with Crippen molar-refractivity contribution in [3.63, 3.8) is 0 Å². The van der Waals surface area contributed by atoms with Gasteiger partial charge in [-0.2, -0.15) is 0 Å². The van der Waals surface area contributed by atoms with Gasteiger partial charge in [0.25, 0.3) is 0 Å². The first kappa shape index (κ1) is 12.8. The Morgan fingerprint density at radius 2 is 2.33 bits per heavy atom. The van der Waals surface area contributed by atoms with E-state index < -0.39 is 10.8 Å². The molecule has 0 bridgehead atoms. The van der Waals surface area contributed by atoms with Gasteiger partial charge in [0, 0.05) is 22.3 Å². The van der Waals surface area contributed by atoms with Crippen LogP contribution in [0.5, 0.6) is 0 Å². The first-order valence-electron chi connectivity index (χ1n) is 5.78. The summed E-state index contributed by atoms with van der Waals surface area (Å²) in [5, 5.41) is 0. The molecule has 0 saturated carbocycles. The second-order valence-corrected chi connectivity index (χ2v) is 6.15. The summed E-state index contributed by atoms with van der Waals surface area (Å²) in [5.41, 5.74) is 1.20. The molecule has 1 fully saturated rings. The fourth-order valence-corrected chi connectivity index (χ4v) is 3.39. The molecule has 0 N–H and O–H groups in total. The Morgan fingerprint density at radius 3 is 3.00 bits per heavy atom. The van der Waals surface area contributed by atoms with E-state index in [-0.39, 0.29) is 0 Å². The van der Waals surface area contributed by atoms with Gasteiger partial charge in [-0.25, -0.2) is 0 Å². The molecule has 1 rings (SSSR count). The molecule has 1 saturated heterocycles. The van der Waals surface area contributed by atoms with Crippen LogP contribution in [0.25, 0.3) is 0 Å². The first-order valence-corrected chi connectivity index (χ1v) is 7.27. The lowest BCUT2D eigenvalue weighted by atomic mass is 10.00. The highest BCUT2D eigenvalue weighted by molar-refractivity contribution is 7.85. The summed E-state index contributed by atoms with van der Waals surface area (Å²) in [7, 11) is -0.538. The topological polar surface area (TPSA) is 26.3 Å². The van der Waals surface area contributed by atoms with Gasteiger partial charge in [-0.05, 0) is 51.0 Å². The van der Waals surface area contributed by atoms with E-state index >= 15 is 0 Å². The number of hydrogen-bond donors (Lipinski definition) is 0. The summed E-state index contributed by atoms with van der Waals surface area (Å²) in [5.74, 6) is 2.52. The van der Waals surface area contributed by atoms with Crippen LogP contribution in [0, 0.1) is 5.92 Å². The highest BCUT2D eigenvalue weighted by Gasteiger charge is 2.17. The fraction of sp³-hybridized carbons (Fsp3) is 0.833. The van der Waals surface area contributed by atoms with Crippen LogP contribution in [0.1, 0.15) is 39.5 Å². The Hall–Kier alpha value is -0.310. The van der Waals surface area contributed by atoms with E-state index in [4.69, 9.17) is 4.74 Å². The summed E-state index contributed by atoms with van der Waals surface area (Å²) in [6.45, 7) is 4.86. The first-order chi connectivity index (χ1) is 7.18. The SMILES string of the molecule is CC(C)=COCCCC1CCCS(=O)C1. The highest BCUT2D eigenvalue weighted by Crippen LogP contribution is 2.20. The lowest BCUT2D eigenvalue weighted by Crippen LogP contribution is -2.20. The van der Waals surface area contributed by atoms with Crippen molar-refractivity contribution in [3.8, 4) is 0 Å². The van der Waals surface area contributed by atoms with E-state index in [0.29, 0.717) is 5.92 Å². The molecule has 1 heterocycles. The van der Waals surface area contributed by atoms with Crippen LogP contribution >= 0.6 is 0 Å². The Morgan fingerprint density at radius 1 is 1.53 bits per heavy atom. The summed E-state index contributed by atoms with van der Waals surface area (Å²) in [4.78, 5) is 0. The molecule has 0 aromatic carbocycles. The molecule has 3 heteroatoms. The minimum Gasteiger partial charge on any atom is -0.501 e. The van der Waals surface area contributed by atoms with Crippen molar-refractivity contribution in [3.05, 3.63) is 11.8 Å². The Labute approximate surface area is 95.5 Å². The zero-order valence-electron chi connectivity index (χ0n) is 9.83. The zero-order chi connectivity index (χ0) is 11.1. The third-order valence-electron chi connectivity index (χ3n) is 2.60.